The van der Waals surface area contributed by atoms with E-state index in [4.69, 9.17) is 18.0 Å². The van der Waals surface area contributed by atoms with Gasteiger partial charge in [-0.05, 0) is 31.9 Å². The van der Waals surface area contributed by atoms with Crippen LogP contribution in [0.5, 0.6) is 0 Å². The summed E-state index contributed by atoms with van der Waals surface area (Å²) >= 11 is 5.10. The summed E-state index contributed by atoms with van der Waals surface area (Å²) in [5, 5.41) is 0. The Balaban J connectivity index is 2.71. The van der Waals surface area contributed by atoms with E-state index in [0.29, 0.717) is 4.99 Å². The number of nitrogens with zero attached hydrogens (tertiary/aromatic N) is 1. The molecule has 18 heavy (non-hydrogen) atoms. The number of aryl methyl sites for hydroxylation is 2. The monoisotopic (exact) mass is 264 g/mol. The second-order valence-electron chi connectivity index (χ2n) is 5.71. The molecule has 1 rings (SSSR count). The van der Waals surface area contributed by atoms with Crippen molar-refractivity contribution in [2.75, 3.05) is 18.5 Å². The van der Waals surface area contributed by atoms with E-state index in [2.05, 4.69) is 57.8 Å². The maximum absolute atomic E-state index is 5.76. The molecule has 100 valence electrons. The van der Waals surface area contributed by atoms with Gasteiger partial charge in [-0.15, -0.1) is 0 Å². The number of hydrogen-bond donors (Lipinski definition) is 1. The van der Waals surface area contributed by atoms with Crippen LogP contribution in [-0.4, -0.2) is 18.6 Å². The highest BCUT2D eigenvalue weighted by Crippen LogP contribution is 2.24. The zero-order valence-corrected chi connectivity index (χ0v) is 12.9. The fourth-order valence-corrected chi connectivity index (χ4v) is 2.03. The van der Waals surface area contributed by atoms with Crippen molar-refractivity contribution in [2.45, 2.75) is 34.1 Å². The van der Waals surface area contributed by atoms with E-state index in [9.17, 15) is 0 Å². The van der Waals surface area contributed by atoms with E-state index >= 15 is 0 Å². The molecule has 0 spiro atoms. The van der Waals surface area contributed by atoms with Crippen molar-refractivity contribution < 1.29 is 0 Å². The average Bonchev–Trinajstić information content (AvgIpc) is 2.25. The first-order chi connectivity index (χ1) is 8.24. The molecule has 0 unspecified atom stereocenters. The molecule has 0 fully saturated rings. The second-order valence-corrected chi connectivity index (χ2v) is 6.15. The molecule has 2 N–H and O–H groups in total. The lowest BCUT2D eigenvalue weighted by Gasteiger charge is -2.28. The number of rotatable bonds is 5. The third-order valence-corrected chi connectivity index (χ3v) is 4.06. The lowest BCUT2D eigenvalue weighted by atomic mass is 9.89. The average molecular weight is 264 g/mol. The van der Waals surface area contributed by atoms with Crippen LogP contribution in [0.2, 0.25) is 0 Å². The van der Waals surface area contributed by atoms with Crippen LogP contribution in [-0.2, 0) is 0 Å². The summed E-state index contributed by atoms with van der Waals surface area (Å²) in [5.74, 6) is 0. The number of anilines is 1. The van der Waals surface area contributed by atoms with Gasteiger partial charge in [0.2, 0.25) is 0 Å². The van der Waals surface area contributed by atoms with Gasteiger partial charge in [0.1, 0.15) is 0 Å². The van der Waals surface area contributed by atoms with Gasteiger partial charge in [0.15, 0.2) is 0 Å². The summed E-state index contributed by atoms with van der Waals surface area (Å²) < 4.78 is 0. The smallest absolute Gasteiger partial charge is 0.0785 e. The quantitative estimate of drug-likeness (QED) is 0.826. The van der Waals surface area contributed by atoms with Crippen molar-refractivity contribution in [3.63, 3.8) is 0 Å². The standard InChI is InChI=1S/C15H24N2S/c1-11-6-7-13(12(2)10-11)17(5)9-8-15(3,4)14(16)18/h6-7,10H,8-9H2,1-5H3,(H2,16,18). The molecule has 0 aliphatic rings. The Morgan fingerprint density at radius 3 is 2.44 bits per heavy atom. The highest BCUT2D eigenvalue weighted by Gasteiger charge is 2.21. The summed E-state index contributed by atoms with van der Waals surface area (Å²) in [7, 11) is 2.12. The maximum atomic E-state index is 5.76. The fourth-order valence-electron chi connectivity index (χ4n) is 1.92. The Labute approximate surface area is 116 Å². The maximum Gasteiger partial charge on any atom is 0.0785 e. The van der Waals surface area contributed by atoms with E-state index < -0.39 is 0 Å². The number of hydrogen-bond acceptors (Lipinski definition) is 2. The normalized spacial score (nSPS) is 11.4. The van der Waals surface area contributed by atoms with Gasteiger partial charge in [-0.3, -0.25) is 0 Å². The van der Waals surface area contributed by atoms with Gasteiger partial charge in [0, 0.05) is 24.7 Å². The zero-order valence-electron chi connectivity index (χ0n) is 12.1. The Kier molecular flexibility index (Phi) is 4.74. The summed E-state index contributed by atoms with van der Waals surface area (Å²) in [5.41, 5.74) is 9.56. The summed E-state index contributed by atoms with van der Waals surface area (Å²) in [6, 6.07) is 6.54. The van der Waals surface area contributed by atoms with Crippen molar-refractivity contribution in [3.05, 3.63) is 29.3 Å². The van der Waals surface area contributed by atoms with Crippen molar-refractivity contribution in [1.29, 1.82) is 0 Å². The van der Waals surface area contributed by atoms with E-state index in [1.807, 2.05) is 0 Å². The molecule has 1 aromatic rings. The molecule has 2 nitrogen and oxygen atoms in total. The highest BCUT2D eigenvalue weighted by molar-refractivity contribution is 7.80. The molecule has 0 amide bonds. The number of benzene rings is 1. The van der Waals surface area contributed by atoms with Crippen LogP contribution in [0.15, 0.2) is 18.2 Å². The Morgan fingerprint density at radius 2 is 1.94 bits per heavy atom. The van der Waals surface area contributed by atoms with Gasteiger partial charge in [0.25, 0.3) is 0 Å². The van der Waals surface area contributed by atoms with Crippen LogP contribution in [0.1, 0.15) is 31.4 Å². The lowest BCUT2D eigenvalue weighted by Crippen LogP contribution is -2.34. The van der Waals surface area contributed by atoms with Crippen molar-refractivity contribution >= 4 is 22.9 Å². The molecule has 0 saturated carbocycles. The van der Waals surface area contributed by atoms with Crippen LogP contribution in [0, 0.1) is 19.3 Å². The summed E-state index contributed by atoms with van der Waals surface area (Å²) in [6.07, 6.45) is 0.964. The van der Waals surface area contributed by atoms with Gasteiger partial charge in [-0.25, -0.2) is 0 Å². The van der Waals surface area contributed by atoms with Gasteiger partial charge in [-0.1, -0.05) is 43.8 Å². The minimum atomic E-state index is -0.0812. The van der Waals surface area contributed by atoms with Crippen molar-refractivity contribution in [3.8, 4) is 0 Å². The fraction of sp³-hybridized carbons (Fsp3) is 0.533. The second kappa shape index (κ2) is 5.70. The first-order valence-electron chi connectivity index (χ1n) is 6.32. The zero-order chi connectivity index (χ0) is 13.9. The van der Waals surface area contributed by atoms with Crippen LogP contribution in [0.3, 0.4) is 0 Å². The molecule has 0 saturated heterocycles. The lowest BCUT2D eigenvalue weighted by molar-refractivity contribution is 0.481. The largest absolute Gasteiger partial charge is 0.393 e. The van der Waals surface area contributed by atoms with E-state index in [1.165, 1.54) is 16.8 Å². The summed E-state index contributed by atoms with van der Waals surface area (Å²) in [6.45, 7) is 9.43. The van der Waals surface area contributed by atoms with Crippen LogP contribution >= 0.6 is 12.2 Å². The number of thiocarbonyl (C=S) groups is 1. The van der Waals surface area contributed by atoms with Gasteiger partial charge >= 0.3 is 0 Å². The minimum absolute atomic E-state index is 0.0812. The first kappa shape index (κ1) is 15.0. The Bertz CT molecular complexity index is 438. The SMILES string of the molecule is Cc1ccc(N(C)CCC(C)(C)C(N)=S)c(C)c1. The molecule has 0 bridgehead atoms. The minimum Gasteiger partial charge on any atom is -0.393 e. The highest BCUT2D eigenvalue weighted by atomic mass is 32.1. The topological polar surface area (TPSA) is 29.3 Å². The molecule has 0 aliphatic heterocycles. The van der Waals surface area contributed by atoms with Crippen molar-refractivity contribution in [2.24, 2.45) is 11.1 Å². The third-order valence-electron chi connectivity index (χ3n) is 3.50. The molecular formula is C15H24N2S. The molecule has 1 aromatic carbocycles. The molecule has 0 heterocycles. The first-order valence-corrected chi connectivity index (χ1v) is 6.73. The van der Waals surface area contributed by atoms with Crippen LogP contribution in [0.4, 0.5) is 5.69 Å². The molecule has 3 heteroatoms. The molecular weight excluding hydrogens is 240 g/mol. The van der Waals surface area contributed by atoms with Crippen LogP contribution < -0.4 is 10.6 Å². The van der Waals surface area contributed by atoms with Gasteiger partial charge < -0.3 is 10.6 Å². The van der Waals surface area contributed by atoms with Crippen molar-refractivity contribution in [1.82, 2.24) is 0 Å². The molecule has 0 aliphatic carbocycles. The van der Waals surface area contributed by atoms with Gasteiger partial charge in [-0.2, -0.15) is 0 Å². The van der Waals surface area contributed by atoms with Gasteiger partial charge in [0.05, 0.1) is 4.99 Å². The Hall–Kier alpha value is -1.09. The van der Waals surface area contributed by atoms with E-state index in [-0.39, 0.29) is 5.41 Å². The predicted molar refractivity (Wildman–Crippen MR) is 84.4 cm³/mol. The molecule has 0 radical (unpaired) electrons. The predicted octanol–water partition coefficient (Wildman–Crippen LogP) is 3.44. The van der Waals surface area contributed by atoms with E-state index in [1.54, 1.807) is 0 Å². The Morgan fingerprint density at radius 1 is 1.33 bits per heavy atom. The number of nitrogens with two attached hydrogens (primary N) is 1. The molecule has 0 atom stereocenters. The summed E-state index contributed by atoms with van der Waals surface area (Å²) in [4.78, 5) is 2.87. The van der Waals surface area contributed by atoms with Crippen LogP contribution in [0.25, 0.3) is 0 Å². The third kappa shape index (κ3) is 3.70. The molecule has 0 aromatic heterocycles. The van der Waals surface area contributed by atoms with E-state index in [0.717, 1.165) is 13.0 Å².